The van der Waals surface area contributed by atoms with Gasteiger partial charge in [-0.25, -0.2) is 17.5 Å². The highest BCUT2D eigenvalue weighted by molar-refractivity contribution is 7.89. The summed E-state index contributed by atoms with van der Waals surface area (Å²) in [7, 11) is -0.674. The van der Waals surface area contributed by atoms with E-state index in [2.05, 4.69) is 0 Å². The molecule has 2 aromatic carbocycles. The van der Waals surface area contributed by atoms with Crippen LogP contribution in [0, 0.1) is 0 Å². The summed E-state index contributed by atoms with van der Waals surface area (Å²) in [5, 5.41) is 8.89. The molecule has 0 heterocycles. The van der Waals surface area contributed by atoms with E-state index >= 15 is 0 Å². The fraction of sp³-hybridized carbons (Fsp3) is 0.200. The summed E-state index contributed by atoms with van der Waals surface area (Å²) in [4.78, 5) is 23.3. The fourth-order valence-corrected chi connectivity index (χ4v) is 3.12. The average Bonchev–Trinajstić information content (AvgIpc) is 2.66. The van der Waals surface area contributed by atoms with Crippen molar-refractivity contribution in [3.8, 4) is 5.75 Å². The molecule has 0 fully saturated rings. The van der Waals surface area contributed by atoms with Crippen LogP contribution in [0.2, 0.25) is 0 Å². The van der Waals surface area contributed by atoms with Crippen molar-refractivity contribution >= 4 is 27.9 Å². The SMILES string of the molecule is CC(Oc1cccc(/C=C/C(=O)c2ccc(S(=O)(=O)N(C)C)cc2)c1)C(=O)O. The highest BCUT2D eigenvalue weighted by atomic mass is 32.2. The quantitative estimate of drug-likeness (QED) is 0.537. The first-order valence-electron chi connectivity index (χ1n) is 8.36. The van der Waals surface area contributed by atoms with E-state index in [-0.39, 0.29) is 10.7 Å². The number of hydrogen-bond donors (Lipinski definition) is 1. The molecule has 0 aliphatic carbocycles. The highest BCUT2D eigenvalue weighted by Crippen LogP contribution is 2.17. The van der Waals surface area contributed by atoms with Crippen molar-refractivity contribution in [2.75, 3.05) is 14.1 Å². The molecular weight excluding hydrogens is 382 g/mol. The molecule has 0 aliphatic rings. The first kappa shape index (κ1) is 21.3. The number of ketones is 1. The predicted molar refractivity (Wildman–Crippen MR) is 105 cm³/mol. The van der Waals surface area contributed by atoms with Crippen molar-refractivity contribution in [1.29, 1.82) is 0 Å². The van der Waals surface area contributed by atoms with E-state index in [1.807, 2.05) is 0 Å². The Kier molecular flexibility index (Phi) is 6.71. The lowest BCUT2D eigenvalue weighted by Crippen LogP contribution is -2.22. The Bertz CT molecular complexity index is 994. The lowest BCUT2D eigenvalue weighted by molar-refractivity contribution is -0.144. The molecule has 0 aromatic heterocycles. The first-order valence-corrected chi connectivity index (χ1v) is 9.80. The van der Waals surface area contributed by atoms with Gasteiger partial charge >= 0.3 is 5.97 Å². The zero-order chi connectivity index (χ0) is 20.9. The summed E-state index contributed by atoms with van der Waals surface area (Å²) in [6.45, 7) is 1.43. The van der Waals surface area contributed by atoms with Gasteiger partial charge in [0, 0.05) is 19.7 Å². The van der Waals surface area contributed by atoms with Gasteiger partial charge in [0.05, 0.1) is 4.90 Å². The number of rotatable bonds is 8. The van der Waals surface area contributed by atoms with Crippen molar-refractivity contribution in [1.82, 2.24) is 4.31 Å². The molecule has 0 aliphatic heterocycles. The van der Waals surface area contributed by atoms with Gasteiger partial charge in [0.2, 0.25) is 10.0 Å². The van der Waals surface area contributed by atoms with Gasteiger partial charge in [-0.2, -0.15) is 0 Å². The summed E-state index contributed by atoms with van der Waals surface area (Å²) < 4.78 is 30.5. The molecule has 1 N–H and O–H groups in total. The second-order valence-electron chi connectivity index (χ2n) is 6.18. The van der Waals surface area contributed by atoms with Crippen LogP contribution in [-0.2, 0) is 14.8 Å². The summed E-state index contributed by atoms with van der Waals surface area (Å²) in [6.07, 6.45) is 1.94. The number of carbonyl (C=O) groups is 2. The molecule has 1 unspecified atom stereocenters. The molecule has 0 spiro atoms. The largest absolute Gasteiger partial charge is 0.479 e. The molecule has 148 valence electrons. The van der Waals surface area contributed by atoms with E-state index in [4.69, 9.17) is 9.84 Å². The van der Waals surface area contributed by atoms with Gasteiger partial charge in [-0.15, -0.1) is 0 Å². The normalized spacial score (nSPS) is 12.9. The Morgan fingerprint density at radius 1 is 1.11 bits per heavy atom. The molecule has 0 amide bonds. The Balaban J connectivity index is 2.12. The standard InChI is InChI=1S/C20H21NO6S/c1-14(20(23)24)27-17-6-4-5-15(13-17)7-12-19(22)16-8-10-18(11-9-16)28(25,26)21(2)3/h4-14H,1-3H3,(H,23,24)/b12-7+. The van der Waals surface area contributed by atoms with Crippen molar-refractivity contribution in [3.05, 3.63) is 65.7 Å². The molecule has 28 heavy (non-hydrogen) atoms. The number of nitrogens with zero attached hydrogens (tertiary/aromatic N) is 1. The number of ether oxygens (including phenoxy) is 1. The maximum absolute atomic E-state index is 12.3. The molecule has 2 rings (SSSR count). The number of hydrogen-bond acceptors (Lipinski definition) is 5. The molecule has 1 atom stereocenters. The van der Waals surface area contributed by atoms with E-state index in [1.165, 1.54) is 51.4 Å². The monoisotopic (exact) mass is 403 g/mol. The van der Waals surface area contributed by atoms with Crippen LogP contribution in [0.1, 0.15) is 22.8 Å². The average molecular weight is 403 g/mol. The first-order chi connectivity index (χ1) is 13.1. The summed E-state index contributed by atoms with van der Waals surface area (Å²) in [6, 6.07) is 12.4. The molecule has 8 heteroatoms. The molecule has 2 aromatic rings. The number of aliphatic carboxylic acids is 1. The highest BCUT2D eigenvalue weighted by Gasteiger charge is 2.17. The second-order valence-corrected chi connectivity index (χ2v) is 8.33. The molecule has 0 saturated heterocycles. The number of carboxylic acids is 1. The Morgan fingerprint density at radius 2 is 1.75 bits per heavy atom. The van der Waals surface area contributed by atoms with Crippen molar-refractivity contribution in [3.63, 3.8) is 0 Å². The third kappa shape index (κ3) is 5.28. The topological polar surface area (TPSA) is 101 Å². The molecular formula is C20H21NO6S. The lowest BCUT2D eigenvalue weighted by atomic mass is 10.1. The van der Waals surface area contributed by atoms with Gasteiger partial charge in [-0.05, 0) is 55.0 Å². The predicted octanol–water partition coefficient (Wildman–Crippen LogP) is 2.68. The zero-order valence-electron chi connectivity index (χ0n) is 15.7. The Morgan fingerprint density at radius 3 is 2.32 bits per heavy atom. The maximum atomic E-state index is 12.3. The smallest absolute Gasteiger partial charge is 0.344 e. The van der Waals surface area contributed by atoms with Crippen molar-refractivity contribution in [2.24, 2.45) is 0 Å². The van der Waals surface area contributed by atoms with Crippen LogP contribution in [0.4, 0.5) is 0 Å². The van der Waals surface area contributed by atoms with E-state index < -0.39 is 22.1 Å². The number of carbonyl (C=O) groups excluding carboxylic acids is 1. The number of sulfonamides is 1. The van der Waals surface area contributed by atoms with Crippen LogP contribution in [-0.4, -0.2) is 49.8 Å². The Labute approximate surface area is 163 Å². The summed E-state index contributed by atoms with van der Waals surface area (Å²) in [5.74, 6) is -0.988. The number of allylic oxidation sites excluding steroid dienone is 1. The molecule has 0 saturated carbocycles. The van der Waals surface area contributed by atoms with Crippen LogP contribution < -0.4 is 4.74 Å². The second kappa shape index (κ2) is 8.81. The van der Waals surface area contributed by atoms with Crippen LogP contribution in [0.5, 0.6) is 5.75 Å². The van der Waals surface area contributed by atoms with Crippen LogP contribution >= 0.6 is 0 Å². The summed E-state index contributed by atoms with van der Waals surface area (Å²) >= 11 is 0. The van der Waals surface area contributed by atoms with Crippen molar-refractivity contribution in [2.45, 2.75) is 17.9 Å². The van der Waals surface area contributed by atoms with Gasteiger partial charge in [-0.1, -0.05) is 18.2 Å². The molecule has 7 nitrogen and oxygen atoms in total. The third-order valence-corrected chi connectivity index (χ3v) is 5.69. The minimum atomic E-state index is -3.55. The van der Waals surface area contributed by atoms with E-state index in [1.54, 1.807) is 30.3 Å². The van der Waals surface area contributed by atoms with E-state index in [0.29, 0.717) is 16.9 Å². The van der Waals surface area contributed by atoms with E-state index in [0.717, 1.165) is 4.31 Å². The summed E-state index contributed by atoms with van der Waals surface area (Å²) in [5.41, 5.74) is 1.01. The van der Waals surface area contributed by atoms with Crippen molar-refractivity contribution < 1.29 is 27.9 Å². The van der Waals surface area contributed by atoms with Gasteiger partial charge < -0.3 is 9.84 Å². The minimum Gasteiger partial charge on any atom is -0.479 e. The zero-order valence-corrected chi connectivity index (χ0v) is 16.5. The molecule has 0 radical (unpaired) electrons. The number of carboxylic acid groups (broad SMARTS) is 1. The van der Waals surface area contributed by atoms with E-state index in [9.17, 15) is 18.0 Å². The number of benzene rings is 2. The maximum Gasteiger partial charge on any atom is 0.344 e. The van der Waals surface area contributed by atoms with Gasteiger partial charge in [0.25, 0.3) is 0 Å². The van der Waals surface area contributed by atoms with Crippen LogP contribution in [0.25, 0.3) is 6.08 Å². The Hall–Kier alpha value is -2.97. The van der Waals surface area contributed by atoms with Gasteiger partial charge in [0.1, 0.15) is 5.75 Å². The third-order valence-electron chi connectivity index (χ3n) is 3.86. The minimum absolute atomic E-state index is 0.107. The molecule has 0 bridgehead atoms. The van der Waals surface area contributed by atoms with Gasteiger partial charge in [-0.3, -0.25) is 4.79 Å². The fourth-order valence-electron chi connectivity index (χ4n) is 2.22. The lowest BCUT2D eigenvalue weighted by Gasteiger charge is -2.11. The van der Waals surface area contributed by atoms with Crippen LogP contribution in [0.3, 0.4) is 0 Å². The van der Waals surface area contributed by atoms with Gasteiger partial charge in [0.15, 0.2) is 11.9 Å². The van der Waals surface area contributed by atoms with Crippen LogP contribution in [0.15, 0.2) is 59.5 Å².